The summed E-state index contributed by atoms with van der Waals surface area (Å²) in [4.78, 5) is 40.3. The van der Waals surface area contributed by atoms with Gasteiger partial charge in [-0.25, -0.2) is 0 Å². The molecule has 1 heterocycles. The Balaban J connectivity index is 1.37. The summed E-state index contributed by atoms with van der Waals surface area (Å²) < 4.78 is 5.32. The zero-order valence-electron chi connectivity index (χ0n) is 17.8. The molecule has 1 aromatic carbocycles. The molecule has 2 fully saturated rings. The molecule has 3 aliphatic rings. The molecular weight excluding hydrogens is 394 g/mol. The molecule has 2 saturated carbocycles. The van der Waals surface area contributed by atoms with Crippen LogP contribution in [0.1, 0.15) is 56.9 Å². The number of nitriles is 1. The van der Waals surface area contributed by atoms with Crippen molar-refractivity contribution in [2.75, 3.05) is 18.1 Å². The number of rotatable bonds is 5. The molecule has 0 spiro atoms. The summed E-state index contributed by atoms with van der Waals surface area (Å²) in [6.45, 7) is 0.224. The summed E-state index contributed by atoms with van der Waals surface area (Å²) in [7, 11) is 0. The number of esters is 1. The van der Waals surface area contributed by atoms with Gasteiger partial charge in [0, 0.05) is 12.2 Å². The molecule has 1 aromatic rings. The zero-order chi connectivity index (χ0) is 21.8. The van der Waals surface area contributed by atoms with Crippen molar-refractivity contribution in [2.24, 2.45) is 11.8 Å². The molecule has 2 aliphatic carbocycles. The Morgan fingerprint density at radius 1 is 1.10 bits per heavy atom. The third-order valence-corrected chi connectivity index (χ3v) is 6.93. The van der Waals surface area contributed by atoms with Gasteiger partial charge in [0.05, 0.1) is 17.9 Å². The van der Waals surface area contributed by atoms with Crippen LogP contribution in [0.15, 0.2) is 24.3 Å². The lowest BCUT2D eigenvalue weighted by Crippen LogP contribution is -2.47. The van der Waals surface area contributed by atoms with Crippen LogP contribution in [0.4, 0.5) is 5.69 Å². The molecule has 31 heavy (non-hydrogen) atoms. The summed E-state index contributed by atoms with van der Waals surface area (Å²) in [6, 6.07) is 10.1. The molecule has 1 N–H and O–H groups in total. The minimum absolute atomic E-state index is 0.0227. The molecule has 2 amide bonds. The predicted molar refractivity (Wildman–Crippen MR) is 114 cm³/mol. The molecule has 0 bridgehead atoms. The van der Waals surface area contributed by atoms with Gasteiger partial charge in [-0.15, -0.1) is 0 Å². The zero-order valence-corrected chi connectivity index (χ0v) is 17.8. The van der Waals surface area contributed by atoms with Crippen LogP contribution in [0.25, 0.3) is 0 Å². The SMILES string of the molecule is N#CC1(NC(=O)COC(=O)C2CCCCC2C(=O)N2CCc3ccccc32)CCCC1. The summed E-state index contributed by atoms with van der Waals surface area (Å²) in [5, 5.41) is 12.1. The molecule has 2 atom stereocenters. The minimum Gasteiger partial charge on any atom is -0.455 e. The number of hydrogen-bond acceptors (Lipinski definition) is 5. The van der Waals surface area contributed by atoms with E-state index < -0.39 is 35.9 Å². The number of amides is 2. The summed E-state index contributed by atoms with van der Waals surface area (Å²) >= 11 is 0. The molecule has 164 valence electrons. The molecule has 0 radical (unpaired) electrons. The Hall–Kier alpha value is -2.88. The lowest BCUT2D eigenvalue weighted by molar-refractivity contribution is -0.157. The van der Waals surface area contributed by atoms with E-state index in [0.29, 0.717) is 32.2 Å². The summed E-state index contributed by atoms with van der Waals surface area (Å²) in [6.07, 6.45) is 6.89. The van der Waals surface area contributed by atoms with Crippen molar-refractivity contribution in [2.45, 2.75) is 63.3 Å². The normalized spacial score (nSPS) is 24.2. The van der Waals surface area contributed by atoms with Crippen molar-refractivity contribution in [1.82, 2.24) is 5.32 Å². The van der Waals surface area contributed by atoms with E-state index >= 15 is 0 Å². The van der Waals surface area contributed by atoms with Crippen molar-refractivity contribution < 1.29 is 19.1 Å². The smallest absolute Gasteiger partial charge is 0.310 e. The lowest BCUT2D eigenvalue weighted by Gasteiger charge is -2.32. The summed E-state index contributed by atoms with van der Waals surface area (Å²) in [5.41, 5.74) is 1.25. The first-order chi connectivity index (χ1) is 15.0. The monoisotopic (exact) mass is 423 g/mol. The van der Waals surface area contributed by atoms with Crippen LogP contribution < -0.4 is 10.2 Å². The van der Waals surface area contributed by atoms with Crippen LogP contribution in [-0.2, 0) is 25.5 Å². The summed E-state index contributed by atoms with van der Waals surface area (Å²) in [5.74, 6) is -1.92. The number of nitrogens with zero attached hydrogens (tertiary/aromatic N) is 2. The number of nitrogens with one attached hydrogen (secondary N) is 1. The van der Waals surface area contributed by atoms with Crippen LogP contribution in [0.2, 0.25) is 0 Å². The van der Waals surface area contributed by atoms with E-state index in [0.717, 1.165) is 43.4 Å². The number of carbonyl (C=O) groups excluding carboxylic acids is 3. The Morgan fingerprint density at radius 2 is 1.81 bits per heavy atom. The lowest BCUT2D eigenvalue weighted by atomic mass is 9.78. The van der Waals surface area contributed by atoms with Crippen LogP contribution >= 0.6 is 0 Å². The predicted octanol–water partition coefficient (Wildman–Crippen LogP) is 2.88. The number of fused-ring (bicyclic) bond motifs is 1. The van der Waals surface area contributed by atoms with Crippen LogP contribution in [-0.4, -0.2) is 36.5 Å². The van der Waals surface area contributed by atoms with Gasteiger partial charge in [-0.1, -0.05) is 31.0 Å². The maximum Gasteiger partial charge on any atom is 0.310 e. The Morgan fingerprint density at radius 3 is 2.55 bits per heavy atom. The van der Waals surface area contributed by atoms with Crippen LogP contribution in [0.3, 0.4) is 0 Å². The molecule has 0 saturated heterocycles. The van der Waals surface area contributed by atoms with E-state index in [1.54, 1.807) is 4.90 Å². The van der Waals surface area contributed by atoms with Crippen molar-refractivity contribution >= 4 is 23.5 Å². The average Bonchev–Trinajstić information content (AvgIpc) is 3.44. The number of carbonyl (C=O) groups is 3. The van der Waals surface area contributed by atoms with E-state index in [2.05, 4.69) is 11.4 Å². The highest BCUT2D eigenvalue weighted by Crippen LogP contribution is 2.36. The third kappa shape index (κ3) is 4.43. The van der Waals surface area contributed by atoms with E-state index in [1.807, 2.05) is 24.3 Å². The van der Waals surface area contributed by atoms with E-state index in [9.17, 15) is 19.6 Å². The second kappa shape index (κ2) is 9.09. The maximum atomic E-state index is 13.3. The van der Waals surface area contributed by atoms with Gasteiger partial charge in [0.2, 0.25) is 5.91 Å². The van der Waals surface area contributed by atoms with Gasteiger partial charge in [0.1, 0.15) is 5.54 Å². The van der Waals surface area contributed by atoms with Gasteiger partial charge in [-0.05, 0) is 56.6 Å². The second-order valence-electron chi connectivity index (χ2n) is 8.92. The first-order valence-electron chi connectivity index (χ1n) is 11.3. The van der Waals surface area contributed by atoms with Crippen LogP contribution in [0, 0.1) is 23.2 Å². The fourth-order valence-electron chi connectivity index (χ4n) is 5.27. The fraction of sp³-hybridized carbons (Fsp3) is 0.583. The number of hydrogen-bond donors (Lipinski definition) is 1. The van der Waals surface area contributed by atoms with E-state index in [1.165, 1.54) is 0 Å². The van der Waals surface area contributed by atoms with Gasteiger partial charge >= 0.3 is 5.97 Å². The molecule has 4 rings (SSSR count). The molecular formula is C24H29N3O4. The van der Waals surface area contributed by atoms with Crippen molar-refractivity contribution in [3.63, 3.8) is 0 Å². The average molecular weight is 424 g/mol. The van der Waals surface area contributed by atoms with Gasteiger partial charge in [0.25, 0.3) is 5.91 Å². The highest BCUT2D eigenvalue weighted by molar-refractivity contribution is 5.99. The van der Waals surface area contributed by atoms with Crippen molar-refractivity contribution in [1.29, 1.82) is 5.26 Å². The molecule has 2 unspecified atom stereocenters. The number of para-hydroxylation sites is 1. The molecule has 1 aliphatic heterocycles. The van der Waals surface area contributed by atoms with Crippen molar-refractivity contribution in [3.05, 3.63) is 29.8 Å². The maximum absolute atomic E-state index is 13.3. The third-order valence-electron chi connectivity index (χ3n) is 6.93. The van der Waals surface area contributed by atoms with Gasteiger partial charge in [-0.3, -0.25) is 14.4 Å². The highest BCUT2D eigenvalue weighted by Gasteiger charge is 2.41. The van der Waals surface area contributed by atoms with Gasteiger partial charge in [0.15, 0.2) is 6.61 Å². The second-order valence-corrected chi connectivity index (χ2v) is 8.92. The Kier molecular flexibility index (Phi) is 6.26. The standard InChI is InChI=1S/C24H29N3O4/c25-16-24(12-5-6-13-24)26-21(28)15-31-23(30)19-9-3-2-8-18(19)22(29)27-14-11-17-7-1-4-10-20(17)27/h1,4,7,10,18-19H,2-3,5-6,8-9,11-15H2,(H,26,28). The molecule has 0 aromatic heterocycles. The quantitative estimate of drug-likeness (QED) is 0.734. The van der Waals surface area contributed by atoms with Gasteiger partial charge < -0.3 is 15.0 Å². The van der Waals surface area contributed by atoms with Crippen molar-refractivity contribution in [3.8, 4) is 6.07 Å². The highest BCUT2D eigenvalue weighted by atomic mass is 16.5. The molecule has 7 nitrogen and oxygen atoms in total. The van der Waals surface area contributed by atoms with E-state index in [-0.39, 0.29) is 5.91 Å². The first kappa shape index (κ1) is 21.4. The topological polar surface area (TPSA) is 99.5 Å². The Bertz CT molecular complexity index is 900. The number of anilines is 1. The van der Waals surface area contributed by atoms with Crippen LogP contribution in [0.5, 0.6) is 0 Å². The minimum atomic E-state index is -0.837. The number of ether oxygens (including phenoxy) is 1. The molecule has 7 heteroatoms. The van der Waals surface area contributed by atoms with Gasteiger partial charge in [-0.2, -0.15) is 5.26 Å². The van der Waals surface area contributed by atoms with E-state index in [4.69, 9.17) is 4.74 Å². The number of benzene rings is 1. The Labute approximate surface area is 182 Å². The first-order valence-corrected chi connectivity index (χ1v) is 11.3. The largest absolute Gasteiger partial charge is 0.455 e. The fourth-order valence-corrected chi connectivity index (χ4v) is 5.27.